The lowest BCUT2D eigenvalue weighted by Gasteiger charge is -2.26. The van der Waals surface area contributed by atoms with Crippen molar-refractivity contribution < 1.29 is 27.1 Å². The molecule has 0 saturated carbocycles. The molecule has 1 aromatic heterocycles. The van der Waals surface area contributed by atoms with E-state index in [-0.39, 0.29) is 22.4 Å². The summed E-state index contributed by atoms with van der Waals surface area (Å²) in [6.07, 6.45) is 0.0452. The van der Waals surface area contributed by atoms with Crippen LogP contribution in [0.4, 0.5) is 9.52 Å². The smallest absolute Gasteiger partial charge is 0.263 e. The highest BCUT2D eigenvalue weighted by Gasteiger charge is 2.21. The van der Waals surface area contributed by atoms with Crippen LogP contribution in [-0.4, -0.2) is 62.8 Å². The van der Waals surface area contributed by atoms with Crippen molar-refractivity contribution in [2.75, 3.05) is 38.1 Å². The minimum atomic E-state index is -3.93. The standard InChI is InChI=1S/C21H21FN4O5S2/c1-30-18-7-4-15(22)12-17(18)14-2-5-16(6-3-14)33(28,29)25-21-24-23-19(32-21)13-20(27)26-8-10-31-11-9-26/h2-7,12H,8-11,13H2,1H3,(H,24,25). The highest BCUT2D eigenvalue weighted by atomic mass is 32.2. The Hall–Kier alpha value is -3.09. The summed E-state index contributed by atoms with van der Waals surface area (Å²) in [5.74, 6) is -0.0614. The number of amides is 1. The van der Waals surface area contributed by atoms with Crippen molar-refractivity contribution in [3.05, 3.63) is 53.3 Å². The summed E-state index contributed by atoms with van der Waals surface area (Å²) in [6, 6.07) is 10.1. The number of sulfonamides is 1. The van der Waals surface area contributed by atoms with E-state index in [1.807, 2.05) is 0 Å². The molecule has 1 aliphatic heterocycles. The van der Waals surface area contributed by atoms with E-state index < -0.39 is 15.8 Å². The lowest BCUT2D eigenvalue weighted by Crippen LogP contribution is -2.41. The largest absolute Gasteiger partial charge is 0.496 e. The van der Waals surface area contributed by atoms with Crippen molar-refractivity contribution in [3.8, 4) is 16.9 Å². The fraction of sp³-hybridized carbons (Fsp3) is 0.286. The molecule has 0 bridgehead atoms. The zero-order valence-corrected chi connectivity index (χ0v) is 19.3. The molecular weight excluding hydrogens is 471 g/mol. The molecule has 0 atom stereocenters. The van der Waals surface area contributed by atoms with Gasteiger partial charge in [-0.05, 0) is 35.9 Å². The molecule has 33 heavy (non-hydrogen) atoms. The van der Waals surface area contributed by atoms with Gasteiger partial charge in [0.05, 0.1) is 31.6 Å². The Kier molecular flexibility index (Phi) is 6.86. The summed E-state index contributed by atoms with van der Waals surface area (Å²) in [7, 11) is -2.45. The number of anilines is 1. The molecule has 1 N–H and O–H groups in total. The second kappa shape index (κ2) is 9.81. The van der Waals surface area contributed by atoms with Crippen molar-refractivity contribution in [1.29, 1.82) is 0 Å². The summed E-state index contributed by atoms with van der Waals surface area (Å²) in [6.45, 7) is 2.04. The van der Waals surface area contributed by atoms with Crippen molar-refractivity contribution >= 4 is 32.4 Å². The lowest BCUT2D eigenvalue weighted by atomic mass is 10.0. The highest BCUT2D eigenvalue weighted by Crippen LogP contribution is 2.31. The summed E-state index contributed by atoms with van der Waals surface area (Å²) in [5.41, 5.74) is 1.11. The number of morpholine rings is 1. The van der Waals surface area contributed by atoms with E-state index in [1.165, 1.54) is 37.4 Å². The molecule has 1 saturated heterocycles. The van der Waals surface area contributed by atoms with Gasteiger partial charge >= 0.3 is 0 Å². The van der Waals surface area contributed by atoms with Crippen LogP contribution >= 0.6 is 11.3 Å². The van der Waals surface area contributed by atoms with E-state index in [0.717, 1.165) is 11.3 Å². The Bertz CT molecular complexity index is 1240. The number of hydrogen-bond donors (Lipinski definition) is 1. The molecule has 9 nitrogen and oxygen atoms in total. The molecule has 1 amide bonds. The maximum absolute atomic E-state index is 13.7. The van der Waals surface area contributed by atoms with Crippen molar-refractivity contribution in [1.82, 2.24) is 15.1 Å². The number of rotatable bonds is 7. The maximum Gasteiger partial charge on any atom is 0.263 e. The van der Waals surface area contributed by atoms with Crippen LogP contribution < -0.4 is 9.46 Å². The monoisotopic (exact) mass is 492 g/mol. The second-order valence-corrected chi connectivity index (χ2v) is 9.89. The van der Waals surface area contributed by atoms with Gasteiger partial charge in [-0.15, -0.1) is 10.2 Å². The first-order valence-electron chi connectivity index (χ1n) is 10.0. The lowest BCUT2D eigenvalue weighted by molar-refractivity contribution is -0.134. The van der Waals surface area contributed by atoms with Gasteiger partial charge < -0.3 is 14.4 Å². The molecule has 4 rings (SSSR count). The third-order valence-corrected chi connectivity index (χ3v) is 7.31. The number of nitrogens with zero attached hydrogens (tertiary/aromatic N) is 3. The molecule has 2 aromatic carbocycles. The molecule has 2 heterocycles. The summed E-state index contributed by atoms with van der Waals surface area (Å²) >= 11 is 1.00. The highest BCUT2D eigenvalue weighted by molar-refractivity contribution is 7.93. The Labute approximate surface area is 194 Å². The predicted octanol–water partition coefficient (Wildman–Crippen LogP) is 2.55. The third kappa shape index (κ3) is 5.46. The zero-order valence-electron chi connectivity index (χ0n) is 17.7. The normalized spacial score (nSPS) is 14.2. The number of carbonyl (C=O) groups is 1. The Morgan fingerprint density at radius 2 is 1.91 bits per heavy atom. The topological polar surface area (TPSA) is 111 Å². The van der Waals surface area contributed by atoms with Crippen molar-refractivity contribution in [2.45, 2.75) is 11.3 Å². The molecule has 0 spiro atoms. The van der Waals surface area contributed by atoms with Gasteiger partial charge in [-0.1, -0.05) is 23.5 Å². The van der Waals surface area contributed by atoms with Gasteiger partial charge in [-0.25, -0.2) is 12.8 Å². The third-order valence-electron chi connectivity index (χ3n) is 4.99. The molecule has 3 aromatic rings. The molecule has 1 aliphatic rings. The van der Waals surface area contributed by atoms with Crippen molar-refractivity contribution in [2.24, 2.45) is 0 Å². The predicted molar refractivity (Wildman–Crippen MR) is 120 cm³/mol. The molecule has 174 valence electrons. The molecule has 0 aliphatic carbocycles. The first-order chi connectivity index (χ1) is 15.9. The fourth-order valence-electron chi connectivity index (χ4n) is 3.31. The van der Waals surface area contributed by atoms with Gasteiger partial charge in [-0.3, -0.25) is 9.52 Å². The number of hydrogen-bond acceptors (Lipinski definition) is 8. The van der Waals surface area contributed by atoms with Crippen LogP contribution in [0.3, 0.4) is 0 Å². The number of nitrogens with one attached hydrogen (secondary N) is 1. The zero-order chi connectivity index (χ0) is 23.4. The molecular formula is C21H21FN4O5S2. The van der Waals surface area contributed by atoms with E-state index in [9.17, 15) is 17.6 Å². The average molecular weight is 493 g/mol. The first-order valence-corrected chi connectivity index (χ1v) is 12.3. The Balaban J connectivity index is 1.45. The van der Waals surface area contributed by atoms with Gasteiger partial charge in [0.2, 0.25) is 11.0 Å². The van der Waals surface area contributed by atoms with Gasteiger partial charge in [-0.2, -0.15) is 0 Å². The van der Waals surface area contributed by atoms with Gasteiger partial charge in [0.25, 0.3) is 10.0 Å². The van der Waals surface area contributed by atoms with Crippen LogP contribution in [0.25, 0.3) is 11.1 Å². The second-order valence-electron chi connectivity index (χ2n) is 7.15. The minimum absolute atomic E-state index is 0.00256. The SMILES string of the molecule is COc1ccc(F)cc1-c1ccc(S(=O)(=O)Nc2nnc(CC(=O)N3CCOCC3)s2)cc1. The Morgan fingerprint density at radius 1 is 1.18 bits per heavy atom. The van der Waals surface area contributed by atoms with Crippen LogP contribution in [0.1, 0.15) is 5.01 Å². The van der Waals surface area contributed by atoms with E-state index in [0.29, 0.717) is 48.2 Å². The van der Waals surface area contributed by atoms with Gasteiger partial charge in [0, 0.05) is 18.7 Å². The number of halogens is 1. The van der Waals surface area contributed by atoms with E-state index in [1.54, 1.807) is 17.0 Å². The van der Waals surface area contributed by atoms with Crippen LogP contribution in [0, 0.1) is 5.82 Å². The van der Waals surface area contributed by atoms with Crippen LogP contribution in [-0.2, 0) is 26.0 Å². The van der Waals surface area contributed by atoms with Crippen molar-refractivity contribution in [3.63, 3.8) is 0 Å². The number of methoxy groups -OCH3 is 1. The quantitative estimate of drug-likeness (QED) is 0.540. The number of benzene rings is 2. The Morgan fingerprint density at radius 3 is 2.61 bits per heavy atom. The first kappa shape index (κ1) is 23.1. The molecule has 12 heteroatoms. The summed E-state index contributed by atoms with van der Waals surface area (Å²) in [5, 5.41) is 8.25. The van der Waals surface area contributed by atoms with Crippen LogP contribution in [0.2, 0.25) is 0 Å². The minimum Gasteiger partial charge on any atom is -0.496 e. The molecule has 0 radical (unpaired) electrons. The number of aromatic nitrogens is 2. The van der Waals surface area contributed by atoms with Gasteiger partial charge in [0.1, 0.15) is 16.6 Å². The van der Waals surface area contributed by atoms with Gasteiger partial charge in [0.15, 0.2) is 0 Å². The maximum atomic E-state index is 13.7. The molecule has 1 fully saturated rings. The van der Waals surface area contributed by atoms with Crippen LogP contribution in [0.5, 0.6) is 5.75 Å². The molecule has 0 unspecified atom stereocenters. The number of ether oxygens (including phenoxy) is 2. The van der Waals surface area contributed by atoms with E-state index >= 15 is 0 Å². The average Bonchev–Trinajstić information content (AvgIpc) is 3.25. The van der Waals surface area contributed by atoms with Crippen LogP contribution in [0.15, 0.2) is 47.4 Å². The summed E-state index contributed by atoms with van der Waals surface area (Å²) < 4.78 is 52.1. The fourth-order valence-corrected chi connectivity index (χ4v) is 5.27. The van der Waals surface area contributed by atoms with E-state index in [2.05, 4.69) is 14.9 Å². The summed E-state index contributed by atoms with van der Waals surface area (Å²) in [4.78, 5) is 14.0. The van der Waals surface area contributed by atoms with E-state index in [4.69, 9.17) is 9.47 Å². The number of carbonyl (C=O) groups excluding carboxylic acids is 1.